The van der Waals surface area contributed by atoms with Gasteiger partial charge < -0.3 is 14.6 Å². The van der Waals surface area contributed by atoms with Crippen LogP contribution in [-0.2, 0) is 4.74 Å². The molecule has 0 saturated carbocycles. The maximum absolute atomic E-state index is 12.5. The van der Waals surface area contributed by atoms with Crippen LogP contribution in [-0.4, -0.2) is 41.1 Å². The summed E-state index contributed by atoms with van der Waals surface area (Å²) in [6, 6.07) is 9.01. The van der Waals surface area contributed by atoms with Crippen LogP contribution < -0.4 is 0 Å². The van der Waals surface area contributed by atoms with E-state index in [4.69, 9.17) is 4.74 Å². The van der Waals surface area contributed by atoms with Crippen molar-refractivity contribution in [1.29, 1.82) is 0 Å². The lowest BCUT2D eigenvalue weighted by molar-refractivity contribution is -0.0317. The number of H-pyrrole nitrogens is 1. The van der Waals surface area contributed by atoms with Crippen LogP contribution >= 0.6 is 0 Å². The van der Waals surface area contributed by atoms with E-state index in [9.17, 15) is 4.79 Å². The molecule has 1 aromatic carbocycles. The maximum Gasteiger partial charge on any atom is 0.340 e. The Bertz CT molecular complexity index is 679. The third kappa shape index (κ3) is 2.31. The number of para-hydroxylation sites is 1. The van der Waals surface area contributed by atoms with Crippen LogP contribution in [0.25, 0.3) is 10.9 Å². The fraction of sp³-hybridized carbons (Fsp3) is 0.500. The predicted molar refractivity (Wildman–Crippen MR) is 85.9 cm³/mol. The second kappa shape index (κ2) is 5.43. The van der Waals surface area contributed by atoms with Crippen molar-refractivity contribution in [3.63, 3.8) is 0 Å². The molecule has 2 aliphatic heterocycles. The van der Waals surface area contributed by atoms with E-state index < -0.39 is 0 Å². The first-order valence-corrected chi connectivity index (χ1v) is 8.21. The van der Waals surface area contributed by atoms with Crippen LogP contribution in [0, 0.1) is 0 Å². The number of hydrogen-bond donors (Lipinski definition) is 1. The van der Waals surface area contributed by atoms with Crippen molar-refractivity contribution in [1.82, 2.24) is 9.88 Å². The number of nitrogens with zero attached hydrogens (tertiary/aromatic N) is 1. The molecule has 4 nitrogen and oxygen atoms in total. The predicted octanol–water partition coefficient (Wildman–Crippen LogP) is 3.34. The van der Waals surface area contributed by atoms with E-state index in [0.717, 1.165) is 23.7 Å². The molecule has 2 atom stereocenters. The summed E-state index contributed by atoms with van der Waals surface area (Å²) in [4.78, 5) is 18.2. The molecule has 2 saturated heterocycles. The van der Waals surface area contributed by atoms with E-state index in [1.807, 2.05) is 24.3 Å². The smallest absolute Gasteiger partial charge is 0.340 e. The van der Waals surface area contributed by atoms with Gasteiger partial charge in [0.05, 0.1) is 5.56 Å². The summed E-state index contributed by atoms with van der Waals surface area (Å²) in [7, 11) is 2.21. The Balaban J connectivity index is 1.50. The third-order valence-corrected chi connectivity index (χ3v) is 5.38. The molecule has 2 aromatic rings. The molecular formula is C18H22N2O2. The van der Waals surface area contributed by atoms with Gasteiger partial charge >= 0.3 is 5.97 Å². The molecule has 22 heavy (non-hydrogen) atoms. The third-order valence-electron chi connectivity index (χ3n) is 5.38. The van der Waals surface area contributed by atoms with Gasteiger partial charge in [0, 0.05) is 42.0 Å². The van der Waals surface area contributed by atoms with Crippen LogP contribution in [0.1, 0.15) is 42.5 Å². The Labute approximate surface area is 130 Å². The Kier molecular flexibility index (Phi) is 3.41. The lowest BCUT2D eigenvalue weighted by Crippen LogP contribution is -2.52. The van der Waals surface area contributed by atoms with Gasteiger partial charge in [-0.2, -0.15) is 0 Å². The molecule has 0 spiro atoms. The highest BCUT2D eigenvalue weighted by Gasteiger charge is 2.37. The zero-order chi connectivity index (χ0) is 15.1. The number of aromatic amines is 1. The highest BCUT2D eigenvalue weighted by atomic mass is 16.5. The number of hydrogen-bond acceptors (Lipinski definition) is 3. The minimum absolute atomic E-state index is 0.0627. The van der Waals surface area contributed by atoms with Crippen molar-refractivity contribution < 1.29 is 9.53 Å². The van der Waals surface area contributed by atoms with Crippen LogP contribution in [0.3, 0.4) is 0 Å². The second-order valence-corrected chi connectivity index (χ2v) is 6.65. The number of carbonyl (C=O) groups is 1. The SMILES string of the molecule is CN1C2CCCC1CC(OC(=O)c1c[nH]c3ccccc13)C2. The highest BCUT2D eigenvalue weighted by Crippen LogP contribution is 2.34. The lowest BCUT2D eigenvalue weighted by Gasteiger charge is -2.46. The molecule has 2 unspecified atom stereocenters. The Hall–Kier alpha value is -1.81. The molecule has 0 amide bonds. The van der Waals surface area contributed by atoms with E-state index in [-0.39, 0.29) is 12.1 Å². The Morgan fingerprint density at radius 3 is 2.73 bits per heavy atom. The van der Waals surface area contributed by atoms with Gasteiger partial charge in [0.25, 0.3) is 0 Å². The number of nitrogens with one attached hydrogen (secondary N) is 1. The van der Waals surface area contributed by atoms with Gasteiger partial charge in [-0.1, -0.05) is 24.6 Å². The minimum atomic E-state index is -0.190. The topological polar surface area (TPSA) is 45.3 Å². The summed E-state index contributed by atoms with van der Waals surface area (Å²) < 4.78 is 5.84. The normalized spacial score (nSPS) is 28.7. The Morgan fingerprint density at radius 1 is 1.23 bits per heavy atom. The van der Waals surface area contributed by atoms with E-state index >= 15 is 0 Å². The summed E-state index contributed by atoms with van der Waals surface area (Å²) in [6.07, 6.45) is 7.54. The number of rotatable bonds is 2. The average Bonchev–Trinajstić information content (AvgIpc) is 2.92. The summed E-state index contributed by atoms with van der Waals surface area (Å²) in [5, 5.41) is 0.945. The minimum Gasteiger partial charge on any atom is -0.459 e. The number of fused-ring (bicyclic) bond motifs is 3. The van der Waals surface area contributed by atoms with Gasteiger partial charge in [-0.15, -0.1) is 0 Å². The van der Waals surface area contributed by atoms with E-state index in [1.54, 1.807) is 6.20 Å². The molecule has 0 aliphatic carbocycles. The number of aromatic nitrogens is 1. The number of ether oxygens (including phenoxy) is 1. The van der Waals surface area contributed by atoms with Crippen LogP contribution in [0.4, 0.5) is 0 Å². The monoisotopic (exact) mass is 298 g/mol. The first kappa shape index (κ1) is 13.8. The molecule has 116 valence electrons. The molecule has 2 bridgehead atoms. The van der Waals surface area contributed by atoms with Crippen molar-refractivity contribution >= 4 is 16.9 Å². The molecule has 0 radical (unpaired) electrons. The zero-order valence-corrected chi connectivity index (χ0v) is 12.9. The molecule has 4 heteroatoms. The van der Waals surface area contributed by atoms with Crippen molar-refractivity contribution in [3.05, 3.63) is 36.0 Å². The fourth-order valence-corrected chi connectivity index (χ4v) is 4.12. The molecular weight excluding hydrogens is 276 g/mol. The molecule has 4 rings (SSSR count). The average molecular weight is 298 g/mol. The molecule has 2 fully saturated rings. The number of esters is 1. The zero-order valence-electron chi connectivity index (χ0n) is 12.9. The summed E-state index contributed by atoms with van der Waals surface area (Å²) >= 11 is 0. The molecule has 1 N–H and O–H groups in total. The summed E-state index contributed by atoms with van der Waals surface area (Å²) in [5.41, 5.74) is 1.63. The van der Waals surface area contributed by atoms with Crippen molar-refractivity contribution in [2.24, 2.45) is 0 Å². The molecule has 2 aliphatic rings. The lowest BCUT2D eigenvalue weighted by atomic mass is 9.83. The van der Waals surface area contributed by atoms with Gasteiger partial charge in [-0.25, -0.2) is 4.79 Å². The van der Waals surface area contributed by atoms with Gasteiger partial charge in [0.1, 0.15) is 6.10 Å². The first-order valence-electron chi connectivity index (χ1n) is 8.21. The first-order chi connectivity index (χ1) is 10.7. The Morgan fingerprint density at radius 2 is 1.95 bits per heavy atom. The largest absolute Gasteiger partial charge is 0.459 e. The number of carbonyl (C=O) groups excluding carboxylic acids is 1. The summed E-state index contributed by atoms with van der Waals surface area (Å²) in [6.45, 7) is 0. The maximum atomic E-state index is 12.5. The van der Waals surface area contributed by atoms with Gasteiger partial charge in [-0.05, 0) is 26.0 Å². The fourth-order valence-electron chi connectivity index (χ4n) is 4.12. The van der Waals surface area contributed by atoms with Crippen molar-refractivity contribution in [3.8, 4) is 0 Å². The van der Waals surface area contributed by atoms with Crippen molar-refractivity contribution in [2.75, 3.05) is 7.05 Å². The van der Waals surface area contributed by atoms with E-state index in [0.29, 0.717) is 17.6 Å². The van der Waals surface area contributed by atoms with E-state index in [2.05, 4.69) is 16.9 Å². The number of benzene rings is 1. The van der Waals surface area contributed by atoms with E-state index in [1.165, 1.54) is 19.3 Å². The van der Waals surface area contributed by atoms with Gasteiger partial charge in [0.15, 0.2) is 0 Å². The standard InChI is InChI=1S/C18H22N2O2/c1-20-12-5-4-6-13(20)10-14(9-12)22-18(21)16-11-19-17-8-3-2-7-15(16)17/h2-3,7-8,11-14,19H,4-6,9-10H2,1H3. The highest BCUT2D eigenvalue weighted by molar-refractivity contribution is 6.04. The van der Waals surface area contributed by atoms with Crippen molar-refractivity contribution in [2.45, 2.75) is 50.3 Å². The van der Waals surface area contributed by atoms with Crippen LogP contribution in [0.5, 0.6) is 0 Å². The van der Waals surface area contributed by atoms with Gasteiger partial charge in [0.2, 0.25) is 0 Å². The summed E-state index contributed by atoms with van der Waals surface area (Å²) in [5.74, 6) is -0.190. The van der Waals surface area contributed by atoms with Gasteiger partial charge in [-0.3, -0.25) is 0 Å². The molecule has 1 aromatic heterocycles. The number of piperidine rings is 2. The quantitative estimate of drug-likeness (QED) is 0.865. The van der Waals surface area contributed by atoms with Crippen LogP contribution in [0.15, 0.2) is 30.5 Å². The second-order valence-electron chi connectivity index (χ2n) is 6.65. The molecule has 3 heterocycles. The van der Waals surface area contributed by atoms with Crippen LogP contribution in [0.2, 0.25) is 0 Å².